The molecule has 1 aliphatic rings. The predicted octanol–water partition coefficient (Wildman–Crippen LogP) is 2.25. The van der Waals surface area contributed by atoms with Gasteiger partial charge in [-0.15, -0.1) is 24.0 Å². The first-order valence-corrected chi connectivity index (χ1v) is 8.54. The minimum Gasteiger partial charge on any atom is -0.494 e. The van der Waals surface area contributed by atoms with Gasteiger partial charge >= 0.3 is 5.97 Å². The van der Waals surface area contributed by atoms with E-state index in [9.17, 15) is 4.79 Å². The van der Waals surface area contributed by atoms with Gasteiger partial charge in [-0.25, -0.2) is 0 Å². The van der Waals surface area contributed by atoms with Gasteiger partial charge in [0.25, 0.3) is 0 Å². The number of nitrogens with one attached hydrogen (secondary N) is 2. The summed E-state index contributed by atoms with van der Waals surface area (Å²) in [6.07, 6.45) is 1.38. The lowest BCUT2D eigenvalue weighted by Gasteiger charge is -2.15. The van der Waals surface area contributed by atoms with Crippen molar-refractivity contribution in [2.75, 3.05) is 27.3 Å². The molecule has 1 aromatic rings. The standard InChI is InChI=1S/C18H27N3O4.HI/c1-5-24-15-9-13-8-12(2)25-16(13)10-14(15)11-21-18(19-3)20-7-6-17(22)23-4;/h9-10,12H,5-8,11H2,1-4H3,(H2,19,20,21);1H. The number of methoxy groups -OCH3 is 1. The summed E-state index contributed by atoms with van der Waals surface area (Å²) < 4.78 is 16.2. The van der Waals surface area contributed by atoms with Crippen LogP contribution < -0.4 is 20.1 Å². The zero-order valence-electron chi connectivity index (χ0n) is 15.8. The molecule has 1 aromatic carbocycles. The molecule has 0 saturated heterocycles. The van der Waals surface area contributed by atoms with Gasteiger partial charge in [-0.1, -0.05) is 0 Å². The minimum atomic E-state index is -0.258. The SMILES string of the molecule is CCOc1cc2c(cc1CNC(=NC)NCCC(=O)OC)OC(C)C2.I. The van der Waals surface area contributed by atoms with Crippen molar-refractivity contribution in [3.63, 3.8) is 0 Å². The monoisotopic (exact) mass is 477 g/mol. The number of esters is 1. The lowest BCUT2D eigenvalue weighted by Crippen LogP contribution is -2.38. The second kappa shape index (κ2) is 11.1. The second-order valence-electron chi connectivity index (χ2n) is 5.81. The highest BCUT2D eigenvalue weighted by atomic mass is 127. The van der Waals surface area contributed by atoms with Crippen LogP contribution in [0.5, 0.6) is 11.5 Å². The first-order valence-electron chi connectivity index (χ1n) is 8.54. The van der Waals surface area contributed by atoms with Gasteiger partial charge in [-0.3, -0.25) is 9.79 Å². The van der Waals surface area contributed by atoms with E-state index >= 15 is 0 Å². The Balaban J connectivity index is 0.00000338. The van der Waals surface area contributed by atoms with E-state index in [4.69, 9.17) is 9.47 Å². The Morgan fingerprint density at radius 3 is 2.81 bits per heavy atom. The highest BCUT2D eigenvalue weighted by Crippen LogP contribution is 2.35. The number of benzene rings is 1. The van der Waals surface area contributed by atoms with Crippen LogP contribution in [0.2, 0.25) is 0 Å². The maximum Gasteiger partial charge on any atom is 0.307 e. The smallest absolute Gasteiger partial charge is 0.307 e. The van der Waals surface area contributed by atoms with Gasteiger partial charge in [0.2, 0.25) is 0 Å². The highest BCUT2D eigenvalue weighted by Gasteiger charge is 2.21. The summed E-state index contributed by atoms with van der Waals surface area (Å²) in [7, 11) is 3.06. The largest absolute Gasteiger partial charge is 0.494 e. The molecule has 2 rings (SSSR count). The topological polar surface area (TPSA) is 81.2 Å². The number of ether oxygens (including phenoxy) is 3. The molecule has 1 unspecified atom stereocenters. The molecule has 0 amide bonds. The Labute approximate surface area is 171 Å². The van der Waals surface area contributed by atoms with E-state index in [0.717, 1.165) is 23.5 Å². The Morgan fingerprint density at radius 1 is 1.38 bits per heavy atom. The van der Waals surface area contributed by atoms with Crippen LogP contribution in [0, 0.1) is 0 Å². The third-order valence-electron chi connectivity index (χ3n) is 3.90. The number of aliphatic imine (C=N–C) groups is 1. The lowest BCUT2D eigenvalue weighted by molar-refractivity contribution is -0.140. The van der Waals surface area contributed by atoms with Crippen LogP contribution in [0.1, 0.15) is 31.4 Å². The van der Waals surface area contributed by atoms with E-state index in [0.29, 0.717) is 25.7 Å². The average molecular weight is 477 g/mol. The van der Waals surface area contributed by atoms with Crippen molar-refractivity contribution in [3.05, 3.63) is 23.3 Å². The van der Waals surface area contributed by atoms with Gasteiger partial charge in [0.1, 0.15) is 17.6 Å². The molecule has 146 valence electrons. The second-order valence-corrected chi connectivity index (χ2v) is 5.81. The lowest BCUT2D eigenvalue weighted by atomic mass is 10.1. The molecular weight excluding hydrogens is 449 g/mol. The van der Waals surface area contributed by atoms with Gasteiger partial charge < -0.3 is 24.8 Å². The van der Waals surface area contributed by atoms with Gasteiger partial charge in [-0.2, -0.15) is 0 Å². The summed E-state index contributed by atoms with van der Waals surface area (Å²) in [5.41, 5.74) is 2.19. The number of fused-ring (bicyclic) bond motifs is 1. The first-order chi connectivity index (χ1) is 12.1. The molecule has 1 heterocycles. The number of rotatable bonds is 7. The van der Waals surface area contributed by atoms with Crippen LogP contribution in [0.3, 0.4) is 0 Å². The third-order valence-corrected chi connectivity index (χ3v) is 3.90. The molecule has 1 atom stereocenters. The molecule has 8 heteroatoms. The van der Waals surface area contributed by atoms with Crippen molar-refractivity contribution in [1.29, 1.82) is 0 Å². The van der Waals surface area contributed by atoms with Crippen molar-refractivity contribution >= 4 is 35.9 Å². The molecule has 0 aromatic heterocycles. The number of nitrogens with zero attached hydrogens (tertiary/aromatic N) is 1. The van der Waals surface area contributed by atoms with E-state index in [1.807, 2.05) is 13.0 Å². The molecule has 0 spiro atoms. The Kier molecular flexibility index (Phi) is 9.53. The third kappa shape index (κ3) is 6.22. The molecule has 0 bridgehead atoms. The number of hydrogen-bond donors (Lipinski definition) is 2. The fraction of sp³-hybridized carbons (Fsp3) is 0.556. The van der Waals surface area contributed by atoms with E-state index < -0.39 is 0 Å². The number of hydrogen-bond acceptors (Lipinski definition) is 5. The van der Waals surface area contributed by atoms with Crippen molar-refractivity contribution in [3.8, 4) is 11.5 Å². The summed E-state index contributed by atoms with van der Waals surface area (Å²) in [6.45, 7) is 5.63. The van der Waals surface area contributed by atoms with Crippen LogP contribution in [0.4, 0.5) is 0 Å². The van der Waals surface area contributed by atoms with Crippen LogP contribution in [0.25, 0.3) is 0 Å². The van der Waals surface area contributed by atoms with E-state index in [-0.39, 0.29) is 42.5 Å². The van der Waals surface area contributed by atoms with Gasteiger partial charge in [0.15, 0.2) is 5.96 Å². The normalized spacial score (nSPS) is 15.4. The molecule has 0 radical (unpaired) electrons. The minimum absolute atomic E-state index is 0. The summed E-state index contributed by atoms with van der Waals surface area (Å²) in [4.78, 5) is 15.3. The number of carbonyl (C=O) groups is 1. The predicted molar refractivity (Wildman–Crippen MR) is 112 cm³/mol. The quantitative estimate of drug-likeness (QED) is 0.272. The van der Waals surface area contributed by atoms with Crippen molar-refractivity contribution in [1.82, 2.24) is 10.6 Å². The Hall–Kier alpha value is -1.71. The number of halogens is 1. The highest BCUT2D eigenvalue weighted by molar-refractivity contribution is 14.0. The fourth-order valence-electron chi connectivity index (χ4n) is 2.69. The summed E-state index contributed by atoms with van der Waals surface area (Å²) in [6, 6.07) is 4.09. The van der Waals surface area contributed by atoms with Crippen LogP contribution in [-0.4, -0.2) is 45.3 Å². The van der Waals surface area contributed by atoms with Crippen molar-refractivity contribution in [2.24, 2.45) is 4.99 Å². The maximum atomic E-state index is 11.2. The van der Waals surface area contributed by atoms with E-state index in [1.54, 1.807) is 7.05 Å². The summed E-state index contributed by atoms with van der Waals surface area (Å²) in [5.74, 6) is 2.13. The van der Waals surface area contributed by atoms with Crippen LogP contribution in [-0.2, 0) is 22.5 Å². The molecular formula is C18H28IN3O4. The average Bonchev–Trinajstić information content (AvgIpc) is 2.96. The van der Waals surface area contributed by atoms with Gasteiger partial charge in [0.05, 0.1) is 20.1 Å². The molecule has 0 saturated carbocycles. The molecule has 0 aliphatic carbocycles. The van der Waals surface area contributed by atoms with Gasteiger partial charge in [0, 0.05) is 37.7 Å². The molecule has 26 heavy (non-hydrogen) atoms. The zero-order chi connectivity index (χ0) is 18.2. The first kappa shape index (κ1) is 22.3. The zero-order valence-corrected chi connectivity index (χ0v) is 18.1. The van der Waals surface area contributed by atoms with Crippen molar-refractivity contribution in [2.45, 2.75) is 39.3 Å². The van der Waals surface area contributed by atoms with Crippen LogP contribution >= 0.6 is 24.0 Å². The van der Waals surface area contributed by atoms with Crippen molar-refractivity contribution < 1.29 is 19.0 Å². The summed E-state index contributed by atoms with van der Waals surface area (Å²) >= 11 is 0. The van der Waals surface area contributed by atoms with Gasteiger partial charge in [-0.05, 0) is 26.0 Å². The molecule has 1 aliphatic heterocycles. The number of guanidine groups is 1. The van der Waals surface area contributed by atoms with Crippen LogP contribution in [0.15, 0.2) is 17.1 Å². The molecule has 7 nitrogen and oxygen atoms in total. The Bertz CT molecular complexity index is 637. The number of carbonyl (C=O) groups excluding carboxylic acids is 1. The maximum absolute atomic E-state index is 11.2. The van der Waals surface area contributed by atoms with E-state index in [2.05, 4.69) is 33.4 Å². The fourth-order valence-corrected chi connectivity index (χ4v) is 2.69. The molecule has 0 fully saturated rings. The Morgan fingerprint density at radius 2 is 2.15 bits per heavy atom. The van der Waals surface area contributed by atoms with E-state index in [1.165, 1.54) is 12.7 Å². The summed E-state index contributed by atoms with van der Waals surface area (Å²) in [5, 5.41) is 6.31. The molecule has 2 N–H and O–H groups in total.